The predicted octanol–water partition coefficient (Wildman–Crippen LogP) is 3.25. The lowest BCUT2D eigenvalue weighted by Gasteiger charge is -2.05. The molecule has 0 radical (unpaired) electrons. The molecule has 1 rings (SSSR count). The van der Waals surface area contributed by atoms with Crippen molar-refractivity contribution in [2.24, 2.45) is 0 Å². The van der Waals surface area contributed by atoms with Gasteiger partial charge in [0.05, 0.1) is 10.6 Å². The Bertz CT molecular complexity index is 348. The van der Waals surface area contributed by atoms with E-state index in [-0.39, 0.29) is 10.6 Å². The fraction of sp³-hybridized carbons (Fsp3) is 0.222. The number of hydrogen-bond donors (Lipinski definition) is 1. The molecule has 70 valence electrons. The van der Waals surface area contributed by atoms with Crippen LogP contribution in [0.3, 0.4) is 0 Å². The molecule has 1 N–H and O–H groups in total. The quantitative estimate of drug-likeness (QED) is 0.828. The third-order valence-corrected chi connectivity index (χ3v) is 2.25. The van der Waals surface area contributed by atoms with Crippen LogP contribution in [0.4, 0.5) is 0 Å². The largest absolute Gasteiger partial charge is 0.478 e. The molecule has 0 atom stereocenters. The van der Waals surface area contributed by atoms with Gasteiger partial charge in [-0.2, -0.15) is 0 Å². The highest BCUT2D eigenvalue weighted by atomic mass is 35.5. The predicted molar refractivity (Wildman–Crippen MR) is 52.8 cm³/mol. The fourth-order valence-electron chi connectivity index (χ4n) is 1.15. The molecular formula is C9H8Cl2O2. The molecule has 0 aromatic heterocycles. The van der Waals surface area contributed by atoms with E-state index < -0.39 is 5.97 Å². The van der Waals surface area contributed by atoms with Gasteiger partial charge in [-0.25, -0.2) is 4.79 Å². The number of carbonyl (C=O) groups is 1. The number of benzene rings is 1. The standard InChI is InChI=1S/C9H8Cl2O2/c1-2-5-3-6(10)4-7(11)8(5)9(12)13/h3-4H,2H2,1H3,(H,12,13). The summed E-state index contributed by atoms with van der Waals surface area (Å²) in [5.41, 5.74) is 0.804. The van der Waals surface area contributed by atoms with Crippen LogP contribution in [-0.2, 0) is 6.42 Å². The Kier molecular flexibility index (Phi) is 3.17. The molecule has 0 saturated carbocycles. The van der Waals surface area contributed by atoms with Crippen LogP contribution in [0.1, 0.15) is 22.8 Å². The Morgan fingerprint density at radius 1 is 1.46 bits per heavy atom. The molecule has 0 aliphatic carbocycles. The summed E-state index contributed by atoms with van der Waals surface area (Å²) in [6.45, 7) is 1.86. The first-order valence-corrected chi connectivity index (χ1v) is 4.53. The average Bonchev–Trinajstić information content (AvgIpc) is 2.01. The van der Waals surface area contributed by atoms with Gasteiger partial charge in [-0.1, -0.05) is 30.1 Å². The maximum absolute atomic E-state index is 10.8. The zero-order valence-corrected chi connectivity index (χ0v) is 8.49. The van der Waals surface area contributed by atoms with Gasteiger partial charge in [0.15, 0.2) is 0 Å². The summed E-state index contributed by atoms with van der Waals surface area (Å²) in [4.78, 5) is 10.8. The third-order valence-electron chi connectivity index (χ3n) is 1.73. The number of aryl methyl sites for hydroxylation is 1. The lowest BCUT2D eigenvalue weighted by Crippen LogP contribution is -2.02. The van der Waals surface area contributed by atoms with Gasteiger partial charge in [0.25, 0.3) is 0 Å². The maximum Gasteiger partial charge on any atom is 0.337 e. The zero-order chi connectivity index (χ0) is 10.0. The molecule has 0 aliphatic rings. The molecule has 0 amide bonds. The monoisotopic (exact) mass is 218 g/mol. The van der Waals surface area contributed by atoms with Crippen LogP contribution in [0.25, 0.3) is 0 Å². The second-order valence-electron chi connectivity index (χ2n) is 2.58. The van der Waals surface area contributed by atoms with Gasteiger partial charge in [-0.15, -0.1) is 0 Å². The SMILES string of the molecule is CCc1cc(Cl)cc(Cl)c1C(=O)O. The van der Waals surface area contributed by atoms with Gasteiger partial charge in [-0.05, 0) is 24.1 Å². The van der Waals surface area contributed by atoms with Gasteiger partial charge < -0.3 is 5.11 Å². The van der Waals surface area contributed by atoms with Crippen molar-refractivity contribution in [1.82, 2.24) is 0 Å². The summed E-state index contributed by atoms with van der Waals surface area (Å²) < 4.78 is 0. The Labute approximate surface area is 86.1 Å². The van der Waals surface area contributed by atoms with Crippen molar-refractivity contribution in [2.75, 3.05) is 0 Å². The number of carboxylic acid groups (broad SMARTS) is 1. The Morgan fingerprint density at radius 3 is 2.54 bits per heavy atom. The van der Waals surface area contributed by atoms with Crippen LogP contribution in [0, 0.1) is 0 Å². The van der Waals surface area contributed by atoms with Crippen LogP contribution in [0.5, 0.6) is 0 Å². The molecule has 4 heteroatoms. The van der Waals surface area contributed by atoms with Crippen molar-refractivity contribution in [3.8, 4) is 0 Å². The first kappa shape index (κ1) is 10.4. The summed E-state index contributed by atoms with van der Waals surface area (Å²) in [5.74, 6) is -1.02. The zero-order valence-electron chi connectivity index (χ0n) is 6.97. The van der Waals surface area contributed by atoms with Gasteiger partial charge in [0.2, 0.25) is 0 Å². The Hall–Kier alpha value is -0.730. The average molecular weight is 219 g/mol. The first-order chi connectivity index (χ1) is 6.06. The number of aromatic carboxylic acids is 1. The number of hydrogen-bond acceptors (Lipinski definition) is 1. The maximum atomic E-state index is 10.8. The topological polar surface area (TPSA) is 37.3 Å². The van der Waals surface area contributed by atoms with E-state index in [1.54, 1.807) is 6.07 Å². The van der Waals surface area contributed by atoms with Crippen molar-refractivity contribution in [1.29, 1.82) is 0 Å². The molecule has 1 aromatic carbocycles. The minimum atomic E-state index is -1.02. The molecule has 0 heterocycles. The molecule has 0 saturated heterocycles. The molecule has 0 fully saturated rings. The van der Waals surface area contributed by atoms with E-state index in [2.05, 4.69) is 0 Å². The van der Waals surface area contributed by atoms with Crippen molar-refractivity contribution < 1.29 is 9.90 Å². The van der Waals surface area contributed by atoms with E-state index in [9.17, 15) is 4.79 Å². The van der Waals surface area contributed by atoms with Crippen LogP contribution in [-0.4, -0.2) is 11.1 Å². The van der Waals surface area contributed by atoms with Crippen LogP contribution >= 0.6 is 23.2 Å². The van der Waals surface area contributed by atoms with Crippen molar-refractivity contribution in [3.63, 3.8) is 0 Å². The molecule has 0 bridgehead atoms. The van der Waals surface area contributed by atoms with Crippen LogP contribution in [0.15, 0.2) is 12.1 Å². The first-order valence-electron chi connectivity index (χ1n) is 3.77. The third kappa shape index (κ3) is 2.14. The number of halogens is 2. The van der Waals surface area contributed by atoms with Crippen molar-refractivity contribution >= 4 is 29.2 Å². The Balaban J connectivity index is 3.38. The van der Waals surface area contributed by atoms with Gasteiger partial charge >= 0.3 is 5.97 Å². The van der Waals surface area contributed by atoms with Crippen LogP contribution in [0.2, 0.25) is 10.0 Å². The lowest BCUT2D eigenvalue weighted by atomic mass is 10.1. The van der Waals surface area contributed by atoms with E-state index >= 15 is 0 Å². The van der Waals surface area contributed by atoms with Crippen LogP contribution < -0.4 is 0 Å². The smallest absolute Gasteiger partial charge is 0.337 e. The van der Waals surface area contributed by atoms with E-state index in [4.69, 9.17) is 28.3 Å². The normalized spacial score (nSPS) is 10.1. The fourth-order valence-corrected chi connectivity index (χ4v) is 1.76. The molecule has 1 aromatic rings. The van der Waals surface area contributed by atoms with Gasteiger partial charge in [-0.3, -0.25) is 0 Å². The minimum Gasteiger partial charge on any atom is -0.478 e. The van der Waals surface area contributed by atoms with Crippen molar-refractivity contribution in [2.45, 2.75) is 13.3 Å². The summed E-state index contributed by atoms with van der Waals surface area (Å²) >= 11 is 11.5. The van der Waals surface area contributed by atoms with Crippen molar-refractivity contribution in [3.05, 3.63) is 33.3 Å². The number of rotatable bonds is 2. The summed E-state index contributed by atoms with van der Waals surface area (Å²) in [6, 6.07) is 3.06. The second kappa shape index (κ2) is 3.99. The van der Waals surface area contributed by atoms with E-state index in [0.29, 0.717) is 17.0 Å². The van der Waals surface area contributed by atoms with E-state index in [1.165, 1.54) is 6.07 Å². The summed E-state index contributed by atoms with van der Waals surface area (Å²) in [6.07, 6.45) is 0.599. The summed E-state index contributed by atoms with van der Waals surface area (Å²) in [5, 5.41) is 9.50. The highest BCUT2D eigenvalue weighted by Gasteiger charge is 2.14. The van der Waals surface area contributed by atoms with E-state index in [0.717, 1.165) is 0 Å². The minimum absolute atomic E-state index is 0.147. The van der Waals surface area contributed by atoms with Gasteiger partial charge in [0, 0.05) is 5.02 Å². The molecular weight excluding hydrogens is 211 g/mol. The van der Waals surface area contributed by atoms with Gasteiger partial charge in [0.1, 0.15) is 0 Å². The highest BCUT2D eigenvalue weighted by Crippen LogP contribution is 2.25. The van der Waals surface area contributed by atoms with E-state index in [1.807, 2.05) is 6.92 Å². The Morgan fingerprint density at radius 2 is 2.08 bits per heavy atom. The molecule has 13 heavy (non-hydrogen) atoms. The second-order valence-corrected chi connectivity index (χ2v) is 3.42. The molecule has 0 unspecified atom stereocenters. The lowest BCUT2D eigenvalue weighted by molar-refractivity contribution is 0.0696. The highest BCUT2D eigenvalue weighted by molar-refractivity contribution is 6.36. The molecule has 2 nitrogen and oxygen atoms in total. The summed E-state index contributed by atoms with van der Waals surface area (Å²) in [7, 11) is 0. The number of carboxylic acids is 1. The molecule has 0 spiro atoms. The molecule has 0 aliphatic heterocycles.